The maximum Gasteiger partial charge on any atom is 0.491 e. The van der Waals surface area contributed by atoms with Crippen molar-refractivity contribution in [2.75, 3.05) is 5.73 Å². The monoisotopic (exact) mass is 225 g/mol. The van der Waals surface area contributed by atoms with Crippen molar-refractivity contribution in [3.63, 3.8) is 0 Å². The normalized spacial score (nSPS) is 10.8. The third-order valence-corrected chi connectivity index (χ3v) is 3.61. The van der Waals surface area contributed by atoms with Gasteiger partial charge < -0.3 is 15.8 Å². The number of nitrogens with two attached hydrogens (primary N) is 1. The molecule has 72 valence electrons. The van der Waals surface area contributed by atoms with E-state index in [2.05, 4.69) is 12.6 Å². The molecule has 0 bridgehead atoms. The summed E-state index contributed by atoms with van der Waals surface area (Å²) in [5.74, 6) is 0. The average Bonchev–Trinajstić information content (AvgIpc) is 2.42. The third-order valence-electron chi connectivity index (χ3n) is 2.02. The van der Waals surface area contributed by atoms with Gasteiger partial charge in [0.1, 0.15) is 0 Å². The van der Waals surface area contributed by atoms with Crippen molar-refractivity contribution in [2.24, 2.45) is 0 Å². The van der Waals surface area contributed by atoms with Gasteiger partial charge >= 0.3 is 7.12 Å². The molecule has 0 saturated carbocycles. The summed E-state index contributed by atoms with van der Waals surface area (Å²) in [5, 5.41) is 19.1. The Morgan fingerprint density at radius 3 is 2.71 bits per heavy atom. The van der Waals surface area contributed by atoms with Crippen LogP contribution in [-0.2, 0) is 0 Å². The van der Waals surface area contributed by atoms with E-state index in [4.69, 9.17) is 15.8 Å². The minimum Gasteiger partial charge on any atom is -0.423 e. The fourth-order valence-electron chi connectivity index (χ4n) is 1.40. The summed E-state index contributed by atoms with van der Waals surface area (Å²) in [6, 6.07) is 5.36. The van der Waals surface area contributed by atoms with E-state index in [0.717, 1.165) is 10.1 Å². The lowest BCUT2D eigenvalue weighted by atomic mass is 9.80. The van der Waals surface area contributed by atoms with E-state index in [0.29, 0.717) is 15.4 Å². The molecule has 0 radical (unpaired) electrons. The molecule has 4 N–H and O–H groups in total. The van der Waals surface area contributed by atoms with Crippen molar-refractivity contribution >= 4 is 52.3 Å². The van der Waals surface area contributed by atoms with E-state index in [1.165, 1.54) is 11.3 Å². The molecule has 1 aromatic heterocycles. The van der Waals surface area contributed by atoms with Gasteiger partial charge in [0.15, 0.2) is 0 Å². The highest BCUT2D eigenvalue weighted by Gasteiger charge is 2.21. The van der Waals surface area contributed by atoms with Gasteiger partial charge in [0.05, 0.1) is 8.91 Å². The van der Waals surface area contributed by atoms with E-state index in [9.17, 15) is 0 Å². The van der Waals surface area contributed by atoms with Gasteiger partial charge in [0.2, 0.25) is 0 Å². The van der Waals surface area contributed by atoms with Crippen LogP contribution in [0, 0.1) is 0 Å². The molecule has 1 aromatic carbocycles. The molecular formula is C8H8BNO2S2. The zero-order chi connectivity index (χ0) is 10.3. The first-order valence-corrected chi connectivity index (χ1v) is 5.23. The van der Waals surface area contributed by atoms with Crippen molar-refractivity contribution in [2.45, 2.75) is 4.21 Å². The van der Waals surface area contributed by atoms with Gasteiger partial charge in [-0.25, -0.2) is 0 Å². The van der Waals surface area contributed by atoms with Gasteiger partial charge in [-0.3, -0.25) is 0 Å². The van der Waals surface area contributed by atoms with Crippen molar-refractivity contribution in [1.82, 2.24) is 0 Å². The van der Waals surface area contributed by atoms with Crippen molar-refractivity contribution in [1.29, 1.82) is 0 Å². The van der Waals surface area contributed by atoms with Crippen LogP contribution in [0.5, 0.6) is 0 Å². The standard InChI is InChI=1S/C8H8BNO2S2/c10-5-3-1-2-4-6(9(11)12)8(13)14-7(4)5/h1-3,11-13H,10H2. The predicted octanol–water partition coefficient (Wildman–Crippen LogP) is 0.452. The Balaban J connectivity index is 2.83. The van der Waals surface area contributed by atoms with Crippen molar-refractivity contribution in [3.8, 4) is 0 Å². The van der Waals surface area contributed by atoms with Crippen LogP contribution in [0.2, 0.25) is 0 Å². The molecule has 14 heavy (non-hydrogen) atoms. The number of fused-ring (bicyclic) bond motifs is 1. The van der Waals surface area contributed by atoms with Crippen LogP contribution in [-0.4, -0.2) is 17.2 Å². The Hall–Kier alpha value is -0.685. The Kier molecular flexibility index (Phi) is 2.44. The van der Waals surface area contributed by atoms with Crippen molar-refractivity contribution in [3.05, 3.63) is 18.2 Å². The van der Waals surface area contributed by atoms with Gasteiger partial charge in [-0.15, -0.1) is 24.0 Å². The number of thiol groups is 1. The fourth-order valence-corrected chi connectivity index (χ4v) is 2.90. The summed E-state index contributed by atoms with van der Waals surface area (Å²) >= 11 is 5.54. The van der Waals surface area contributed by atoms with Gasteiger partial charge in [-0.2, -0.15) is 0 Å². The van der Waals surface area contributed by atoms with E-state index < -0.39 is 7.12 Å². The van der Waals surface area contributed by atoms with Crippen molar-refractivity contribution < 1.29 is 10.0 Å². The number of rotatable bonds is 1. The Morgan fingerprint density at radius 2 is 2.07 bits per heavy atom. The first-order chi connectivity index (χ1) is 6.61. The van der Waals surface area contributed by atoms with Crippen LogP contribution in [0.15, 0.2) is 22.4 Å². The topological polar surface area (TPSA) is 66.5 Å². The number of hydrogen-bond acceptors (Lipinski definition) is 5. The molecule has 1 heterocycles. The largest absolute Gasteiger partial charge is 0.491 e. The molecular weight excluding hydrogens is 217 g/mol. The highest BCUT2D eigenvalue weighted by Crippen LogP contribution is 2.30. The van der Waals surface area contributed by atoms with E-state index in [1.54, 1.807) is 18.2 Å². The van der Waals surface area contributed by atoms with E-state index in [1.807, 2.05) is 0 Å². The SMILES string of the molecule is Nc1cccc2c(B(O)O)c(S)sc12. The van der Waals surface area contributed by atoms with Crippen LogP contribution in [0.1, 0.15) is 0 Å². The van der Waals surface area contributed by atoms with Crippen LogP contribution in [0.4, 0.5) is 5.69 Å². The molecule has 0 aliphatic heterocycles. The number of thiophene rings is 1. The van der Waals surface area contributed by atoms with Gasteiger partial charge in [0.25, 0.3) is 0 Å². The number of anilines is 1. The molecule has 6 heteroatoms. The maximum atomic E-state index is 9.15. The Bertz CT molecular complexity index is 483. The summed E-state index contributed by atoms with van der Waals surface area (Å²) in [6.45, 7) is 0. The lowest BCUT2D eigenvalue weighted by Gasteiger charge is -1.98. The second-order valence-electron chi connectivity index (χ2n) is 2.92. The van der Waals surface area contributed by atoms with E-state index in [-0.39, 0.29) is 0 Å². The van der Waals surface area contributed by atoms with Gasteiger partial charge in [-0.1, -0.05) is 12.1 Å². The zero-order valence-corrected chi connectivity index (χ0v) is 8.85. The molecule has 0 saturated heterocycles. The summed E-state index contributed by atoms with van der Waals surface area (Å²) in [7, 11) is -1.50. The van der Waals surface area contributed by atoms with Gasteiger partial charge in [0, 0.05) is 11.2 Å². The quantitative estimate of drug-likeness (QED) is 0.323. The first kappa shape index (κ1) is 9.85. The van der Waals surface area contributed by atoms with Gasteiger partial charge in [-0.05, 0) is 11.5 Å². The lowest BCUT2D eigenvalue weighted by Crippen LogP contribution is -2.30. The van der Waals surface area contributed by atoms with Crippen LogP contribution in [0.3, 0.4) is 0 Å². The van der Waals surface area contributed by atoms with Crippen LogP contribution in [0.25, 0.3) is 10.1 Å². The van der Waals surface area contributed by atoms with Crippen LogP contribution >= 0.6 is 24.0 Å². The fraction of sp³-hybridized carbons (Fsp3) is 0. The first-order valence-electron chi connectivity index (χ1n) is 3.97. The zero-order valence-electron chi connectivity index (χ0n) is 7.14. The summed E-state index contributed by atoms with van der Waals surface area (Å²) in [4.78, 5) is 0. The second-order valence-corrected chi connectivity index (χ2v) is 4.69. The van der Waals surface area contributed by atoms with Crippen LogP contribution < -0.4 is 11.2 Å². The summed E-state index contributed by atoms with van der Waals surface area (Å²) in [5.41, 5.74) is 6.82. The number of nitrogen functional groups attached to an aromatic ring is 1. The Morgan fingerprint density at radius 1 is 1.36 bits per heavy atom. The molecule has 2 rings (SSSR count). The molecule has 0 aliphatic carbocycles. The molecule has 0 amide bonds. The maximum absolute atomic E-state index is 9.15. The minimum atomic E-state index is -1.50. The number of benzene rings is 1. The smallest absolute Gasteiger partial charge is 0.423 e. The minimum absolute atomic E-state index is 0.431. The average molecular weight is 225 g/mol. The third kappa shape index (κ3) is 1.40. The predicted molar refractivity (Wildman–Crippen MR) is 63.3 cm³/mol. The highest BCUT2D eigenvalue weighted by atomic mass is 32.2. The molecule has 0 spiro atoms. The molecule has 2 aromatic rings. The molecule has 0 aliphatic rings. The molecule has 0 unspecified atom stereocenters. The molecule has 3 nitrogen and oxygen atoms in total. The number of hydrogen-bond donors (Lipinski definition) is 4. The second kappa shape index (κ2) is 3.47. The molecule has 0 fully saturated rings. The highest BCUT2D eigenvalue weighted by molar-refractivity contribution is 7.83. The lowest BCUT2D eigenvalue weighted by molar-refractivity contribution is 0.425. The Labute approximate surface area is 90.7 Å². The van der Waals surface area contributed by atoms with E-state index >= 15 is 0 Å². The summed E-state index contributed by atoms with van der Waals surface area (Å²) in [6.07, 6.45) is 0. The summed E-state index contributed by atoms with van der Waals surface area (Å²) < 4.78 is 1.44. The molecule has 0 atom stereocenters.